The van der Waals surface area contributed by atoms with Gasteiger partial charge in [-0.2, -0.15) is 0 Å². The summed E-state index contributed by atoms with van der Waals surface area (Å²) in [5.41, 5.74) is 8.32. The first-order chi connectivity index (χ1) is 9.15. The van der Waals surface area contributed by atoms with Crippen LogP contribution in [0.25, 0.3) is 0 Å². The van der Waals surface area contributed by atoms with E-state index in [1.54, 1.807) is 0 Å². The molecule has 0 saturated carbocycles. The van der Waals surface area contributed by atoms with Gasteiger partial charge in [-0.15, -0.1) is 0 Å². The van der Waals surface area contributed by atoms with E-state index in [0.717, 1.165) is 21.2 Å². The second kappa shape index (κ2) is 6.50. The van der Waals surface area contributed by atoms with Crippen molar-refractivity contribution < 1.29 is 4.74 Å². The first-order valence-corrected chi connectivity index (χ1v) is 6.70. The molecular formula is C15H15BrN2O. The Kier molecular flexibility index (Phi) is 4.71. The van der Waals surface area contributed by atoms with Crippen molar-refractivity contribution in [1.29, 1.82) is 5.41 Å². The summed E-state index contributed by atoms with van der Waals surface area (Å²) in [6, 6.07) is 15.6. The molecule has 0 bridgehead atoms. The zero-order valence-electron chi connectivity index (χ0n) is 10.4. The Balaban J connectivity index is 1.92. The molecular weight excluding hydrogens is 304 g/mol. The molecule has 2 aromatic rings. The lowest BCUT2D eigenvalue weighted by Gasteiger charge is -2.06. The van der Waals surface area contributed by atoms with Crippen molar-refractivity contribution in [3.05, 3.63) is 69.7 Å². The summed E-state index contributed by atoms with van der Waals surface area (Å²) in [5.74, 6) is 0.0776. The minimum Gasteiger partial charge on any atom is -0.384 e. The van der Waals surface area contributed by atoms with Crippen LogP contribution in [0.1, 0.15) is 16.7 Å². The van der Waals surface area contributed by atoms with Crippen LogP contribution in [-0.2, 0) is 18.0 Å². The van der Waals surface area contributed by atoms with E-state index >= 15 is 0 Å². The first kappa shape index (κ1) is 13.8. The predicted octanol–water partition coefficient (Wildman–Crippen LogP) is 3.45. The first-order valence-electron chi connectivity index (χ1n) is 5.90. The average Bonchev–Trinajstić information content (AvgIpc) is 2.39. The number of ether oxygens (including phenoxy) is 1. The third-order valence-electron chi connectivity index (χ3n) is 2.66. The Labute approximate surface area is 121 Å². The molecule has 98 valence electrons. The summed E-state index contributed by atoms with van der Waals surface area (Å²) in [6.45, 7) is 1.07. The van der Waals surface area contributed by atoms with Crippen molar-refractivity contribution in [3.63, 3.8) is 0 Å². The third-order valence-corrected chi connectivity index (χ3v) is 3.16. The lowest BCUT2D eigenvalue weighted by molar-refractivity contribution is 0.107. The number of halogens is 1. The molecule has 0 aliphatic heterocycles. The fourth-order valence-corrected chi connectivity index (χ4v) is 2.19. The molecule has 0 aliphatic rings. The molecule has 0 radical (unpaired) electrons. The number of hydrogen-bond acceptors (Lipinski definition) is 2. The second-order valence-electron chi connectivity index (χ2n) is 4.24. The van der Waals surface area contributed by atoms with Gasteiger partial charge in [0.05, 0.1) is 13.2 Å². The van der Waals surface area contributed by atoms with Crippen LogP contribution >= 0.6 is 15.9 Å². The SMILES string of the molecule is N=C(N)c1cccc(COCc2cccc(Br)c2)c1. The topological polar surface area (TPSA) is 59.1 Å². The van der Waals surface area contributed by atoms with Crippen molar-refractivity contribution in [2.75, 3.05) is 0 Å². The molecule has 2 rings (SSSR count). The summed E-state index contributed by atoms with van der Waals surface area (Å²) in [6.07, 6.45) is 0. The van der Waals surface area contributed by atoms with Gasteiger partial charge in [0.15, 0.2) is 0 Å². The van der Waals surface area contributed by atoms with E-state index < -0.39 is 0 Å². The monoisotopic (exact) mass is 318 g/mol. The molecule has 0 fully saturated rings. The van der Waals surface area contributed by atoms with Crippen LogP contribution in [0, 0.1) is 5.41 Å². The quantitative estimate of drug-likeness (QED) is 0.655. The maximum absolute atomic E-state index is 7.40. The Hall–Kier alpha value is -1.65. The van der Waals surface area contributed by atoms with Crippen molar-refractivity contribution in [2.45, 2.75) is 13.2 Å². The molecule has 2 aromatic carbocycles. The lowest BCUT2D eigenvalue weighted by Crippen LogP contribution is -2.11. The molecule has 0 amide bonds. The summed E-state index contributed by atoms with van der Waals surface area (Å²) >= 11 is 3.43. The second-order valence-corrected chi connectivity index (χ2v) is 5.15. The van der Waals surface area contributed by atoms with Crippen LogP contribution in [-0.4, -0.2) is 5.84 Å². The van der Waals surface area contributed by atoms with Gasteiger partial charge in [-0.3, -0.25) is 5.41 Å². The Morgan fingerprint density at radius 2 is 1.68 bits per heavy atom. The highest BCUT2D eigenvalue weighted by Gasteiger charge is 2.00. The highest BCUT2D eigenvalue weighted by atomic mass is 79.9. The van der Waals surface area contributed by atoms with Crippen molar-refractivity contribution in [1.82, 2.24) is 0 Å². The Bertz CT molecular complexity index is 584. The van der Waals surface area contributed by atoms with Crippen molar-refractivity contribution >= 4 is 21.8 Å². The number of nitrogen functional groups attached to an aromatic ring is 1. The fourth-order valence-electron chi connectivity index (χ4n) is 1.74. The number of hydrogen-bond donors (Lipinski definition) is 2. The zero-order valence-corrected chi connectivity index (χ0v) is 12.0. The van der Waals surface area contributed by atoms with Gasteiger partial charge in [0.25, 0.3) is 0 Å². The fraction of sp³-hybridized carbons (Fsp3) is 0.133. The molecule has 0 unspecified atom stereocenters. The van der Waals surface area contributed by atoms with Gasteiger partial charge in [0.2, 0.25) is 0 Å². The van der Waals surface area contributed by atoms with Crippen LogP contribution in [0.3, 0.4) is 0 Å². The van der Waals surface area contributed by atoms with E-state index in [1.807, 2.05) is 48.5 Å². The van der Waals surface area contributed by atoms with Gasteiger partial charge >= 0.3 is 0 Å². The summed E-state index contributed by atoms with van der Waals surface area (Å²) in [4.78, 5) is 0. The molecule has 0 atom stereocenters. The van der Waals surface area contributed by atoms with Gasteiger partial charge in [0, 0.05) is 10.0 Å². The molecule has 0 heterocycles. The average molecular weight is 319 g/mol. The van der Waals surface area contributed by atoms with E-state index in [9.17, 15) is 0 Å². The lowest BCUT2D eigenvalue weighted by atomic mass is 10.1. The minimum absolute atomic E-state index is 0.0776. The molecule has 0 aliphatic carbocycles. The molecule has 4 heteroatoms. The van der Waals surface area contributed by atoms with Crippen LogP contribution < -0.4 is 5.73 Å². The highest BCUT2D eigenvalue weighted by molar-refractivity contribution is 9.10. The maximum Gasteiger partial charge on any atom is 0.122 e. The third kappa shape index (κ3) is 4.19. The van der Waals surface area contributed by atoms with Crippen molar-refractivity contribution in [3.8, 4) is 0 Å². The van der Waals surface area contributed by atoms with Gasteiger partial charge in [0.1, 0.15) is 5.84 Å². The Morgan fingerprint density at radius 1 is 1.05 bits per heavy atom. The number of benzene rings is 2. The van der Waals surface area contributed by atoms with Gasteiger partial charge in [-0.05, 0) is 29.3 Å². The van der Waals surface area contributed by atoms with Gasteiger partial charge < -0.3 is 10.5 Å². The van der Waals surface area contributed by atoms with E-state index in [-0.39, 0.29) is 5.84 Å². The van der Waals surface area contributed by atoms with E-state index in [2.05, 4.69) is 15.9 Å². The molecule has 0 aromatic heterocycles. The minimum atomic E-state index is 0.0776. The number of rotatable bonds is 5. The van der Waals surface area contributed by atoms with Crippen LogP contribution in [0.15, 0.2) is 53.0 Å². The molecule has 0 spiro atoms. The van der Waals surface area contributed by atoms with Crippen molar-refractivity contribution in [2.24, 2.45) is 5.73 Å². The highest BCUT2D eigenvalue weighted by Crippen LogP contribution is 2.13. The van der Waals surface area contributed by atoms with Crippen LogP contribution in [0.5, 0.6) is 0 Å². The predicted molar refractivity (Wildman–Crippen MR) is 80.1 cm³/mol. The Morgan fingerprint density at radius 3 is 2.32 bits per heavy atom. The summed E-state index contributed by atoms with van der Waals surface area (Å²) in [7, 11) is 0. The zero-order chi connectivity index (χ0) is 13.7. The van der Waals surface area contributed by atoms with E-state index in [0.29, 0.717) is 13.2 Å². The number of amidine groups is 1. The van der Waals surface area contributed by atoms with Crippen LogP contribution in [0.2, 0.25) is 0 Å². The summed E-state index contributed by atoms with van der Waals surface area (Å²) < 4.78 is 6.71. The van der Waals surface area contributed by atoms with E-state index in [4.69, 9.17) is 15.9 Å². The number of nitrogens with one attached hydrogen (secondary N) is 1. The number of nitrogens with two attached hydrogens (primary N) is 1. The maximum atomic E-state index is 7.40. The largest absolute Gasteiger partial charge is 0.384 e. The normalized spacial score (nSPS) is 10.4. The molecule has 3 nitrogen and oxygen atoms in total. The smallest absolute Gasteiger partial charge is 0.122 e. The molecule has 0 saturated heterocycles. The standard InChI is InChI=1S/C15H15BrN2O/c16-14-6-2-4-12(8-14)10-19-9-11-3-1-5-13(7-11)15(17)18/h1-8H,9-10H2,(H3,17,18). The van der Waals surface area contributed by atoms with Gasteiger partial charge in [-0.1, -0.05) is 46.3 Å². The van der Waals surface area contributed by atoms with Gasteiger partial charge in [-0.25, -0.2) is 0 Å². The molecule has 3 N–H and O–H groups in total. The molecule has 19 heavy (non-hydrogen) atoms. The van der Waals surface area contributed by atoms with E-state index in [1.165, 1.54) is 0 Å². The van der Waals surface area contributed by atoms with Crippen LogP contribution in [0.4, 0.5) is 0 Å². The summed E-state index contributed by atoms with van der Waals surface area (Å²) in [5, 5.41) is 7.40.